The molecule has 0 unspecified atom stereocenters. The van der Waals surface area contributed by atoms with Gasteiger partial charge in [-0.05, 0) is 76.4 Å². The lowest BCUT2D eigenvalue weighted by Crippen LogP contribution is -3.12. The van der Waals surface area contributed by atoms with E-state index < -0.39 is 0 Å². The summed E-state index contributed by atoms with van der Waals surface area (Å²) in [5, 5.41) is 3.53. The van der Waals surface area contributed by atoms with E-state index in [0.29, 0.717) is 34.3 Å². The molecule has 0 radical (unpaired) electrons. The number of nitrogens with zero attached hydrogens (tertiary/aromatic N) is 1. The number of fused-ring (bicyclic) bond motifs is 1. The molecule has 1 aliphatic rings. The number of carbonyl (C=O) groups excluding carboxylic acids is 1. The van der Waals surface area contributed by atoms with Crippen molar-refractivity contribution in [3.63, 3.8) is 0 Å². The predicted octanol–water partition coefficient (Wildman–Crippen LogP) is 2.60. The third-order valence-electron chi connectivity index (χ3n) is 6.05. The first-order valence-electron chi connectivity index (χ1n) is 11.1. The number of benzene rings is 1. The Hall–Kier alpha value is -2.25. The van der Waals surface area contributed by atoms with Crippen LogP contribution in [0.1, 0.15) is 56.3 Å². The molecule has 0 fully saturated rings. The van der Waals surface area contributed by atoms with Gasteiger partial charge in [-0.2, -0.15) is 0 Å². The van der Waals surface area contributed by atoms with Crippen LogP contribution in [0.5, 0.6) is 0 Å². The van der Waals surface area contributed by atoms with Gasteiger partial charge >= 0.3 is 0 Å². The Kier molecular flexibility index (Phi) is 7.99. The van der Waals surface area contributed by atoms with Gasteiger partial charge in [-0.3, -0.25) is 14.2 Å². The summed E-state index contributed by atoms with van der Waals surface area (Å²) in [5.41, 5.74) is 2.47. The minimum Gasteiger partial charge on any atom is -0.346 e. The van der Waals surface area contributed by atoms with Crippen LogP contribution in [0.2, 0.25) is 0 Å². The smallest absolute Gasteiger partial charge is 0.262 e. The van der Waals surface area contributed by atoms with Crippen LogP contribution in [0.25, 0.3) is 10.9 Å². The van der Waals surface area contributed by atoms with Crippen LogP contribution in [0.4, 0.5) is 0 Å². The largest absolute Gasteiger partial charge is 0.346 e. The van der Waals surface area contributed by atoms with Gasteiger partial charge in [0.25, 0.3) is 11.5 Å². The third-order valence-corrected chi connectivity index (χ3v) is 6.37. The maximum Gasteiger partial charge on any atom is 0.262 e. The maximum atomic E-state index is 13.0. The fraction of sp³-hybridized carbons (Fsp3) is 0.522. The average Bonchev–Trinajstić information content (AvgIpc) is 2.76. The molecule has 0 spiro atoms. The van der Waals surface area contributed by atoms with Crippen LogP contribution in [-0.4, -0.2) is 41.6 Å². The maximum absolute atomic E-state index is 13.0. The van der Waals surface area contributed by atoms with Gasteiger partial charge in [-0.15, -0.1) is 0 Å². The van der Waals surface area contributed by atoms with Gasteiger partial charge in [0.2, 0.25) is 0 Å². The average molecular weight is 430 g/mol. The molecule has 1 aromatic heterocycles. The number of quaternary nitrogens is 1. The highest BCUT2D eigenvalue weighted by molar-refractivity contribution is 7.71. The normalized spacial score (nSPS) is 14.2. The van der Waals surface area contributed by atoms with E-state index in [1.807, 2.05) is 0 Å². The van der Waals surface area contributed by atoms with E-state index >= 15 is 0 Å². The highest BCUT2D eigenvalue weighted by Gasteiger charge is 2.12. The molecule has 6 nitrogen and oxygen atoms in total. The summed E-state index contributed by atoms with van der Waals surface area (Å²) >= 11 is 5.45. The summed E-state index contributed by atoms with van der Waals surface area (Å²) in [5.74, 6) is -0.129. The molecular formula is C23H33N4O2S+. The number of hydrogen-bond donors (Lipinski definition) is 3. The molecule has 0 bridgehead atoms. The fourth-order valence-electron chi connectivity index (χ4n) is 4.04. The van der Waals surface area contributed by atoms with E-state index in [2.05, 4.69) is 30.2 Å². The minimum absolute atomic E-state index is 0.0951. The van der Waals surface area contributed by atoms with E-state index in [-0.39, 0.29) is 11.5 Å². The lowest BCUT2D eigenvalue weighted by molar-refractivity contribution is -0.895. The quantitative estimate of drug-likeness (QED) is 0.424. The van der Waals surface area contributed by atoms with Crippen LogP contribution >= 0.6 is 12.2 Å². The van der Waals surface area contributed by atoms with E-state index in [0.717, 1.165) is 38.9 Å². The molecule has 1 amide bonds. The van der Waals surface area contributed by atoms with Crippen LogP contribution in [-0.2, 0) is 6.54 Å². The zero-order chi connectivity index (χ0) is 21.5. The van der Waals surface area contributed by atoms with E-state index in [9.17, 15) is 9.59 Å². The monoisotopic (exact) mass is 429 g/mol. The third kappa shape index (κ3) is 5.46. The number of rotatable bonds is 9. The zero-order valence-corrected chi connectivity index (χ0v) is 18.9. The van der Waals surface area contributed by atoms with Crippen molar-refractivity contribution < 1.29 is 9.69 Å². The highest BCUT2D eigenvalue weighted by atomic mass is 32.1. The van der Waals surface area contributed by atoms with Crippen LogP contribution < -0.4 is 15.8 Å². The van der Waals surface area contributed by atoms with Crippen molar-refractivity contribution in [2.24, 2.45) is 0 Å². The molecule has 1 aromatic carbocycles. The second kappa shape index (κ2) is 10.7. The van der Waals surface area contributed by atoms with E-state index in [1.165, 1.54) is 23.3 Å². The van der Waals surface area contributed by atoms with Crippen molar-refractivity contribution in [1.29, 1.82) is 0 Å². The standard InChI is InChI=1S/C23H32N4O2S/c1-3-26(4-2)15-13-24-21(28)18-10-11-19-20(16-18)25-23(30)27(22(19)29)14-12-17-8-6-5-7-9-17/h8,10-11,16H,3-7,9,12-15H2,1-2H3,(H,24,28)(H,25,30)/p+1. The summed E-state index contributed by atoms with van der Waals surface area (Å²) in [6, 6.07) is 5.16. The van der Waals surface area contributed by atoms with Gasteiger partial charge in [0, 0.05) is 12.1 Å². The Morgan fingerprint density at radius 1 is 1.27 bits per heavy atom. The number of allylic oxidation sites excluding steroid dienone is 2. The van der Waals surface area contributed by atoms with Crippen molar-refractivity contribution >= 4 is 29.0 Å². The number of aromatic nitrogens is 2. The first kappa shape index (κ1) is 22.4. The number of amides is 1. The predicted molar refractivity (Wildman–Crippen MR) is 124 cm³/mol. The second-order valence-electron chi connectivity index (χ2n) is 7.97. The van der Waals surface area contributed by atoms with E-state index in [4.69, 9.17) is 12.2 Å². The Morgan fingerprint density at radius 3 is 2.77 bits per heavy atom. The van der Waals surface area contributed by atoms with Crippen molar-refractivity contribution in [1.82, 2.24) is 14.9 Å². The summed E-state index contributed by atoms with van der Waals surface area (Å²) < 4.78 is 2.05. The molecule has 0 atom stereocenters. The summed E-state index contributed by atoms with van der Waals surface area (Å²) in [6.45, 7) is 8.49. The number of carbonyl (C=O) groups is 1. The molecule has 30 heavy (non-hydrogen) atoms. The van der Waals surface area contributed by atoms with Gasteiger partial charge in [0.1, 0.15) is 0 Å². The van der Waals surface area contributed by atoms with Gasteiger partial charge in [-0.25, -0.2) is 0 Å². The molecule has 3 N–H and O–H groups in total. The minimum atomic E-state index is -0.129. The molecule has 1 heterocycles. The van der Waals surface area contributed by atoms with E-state index in [1.54, 1.807) is 22.8 Å². The van der Waals surface area contributed by atoms with Crippen LogP contribution in [0, 0.1) is 4.77 Å². The number of H-pyrrole nitrogens is 1. The molecule has 0 saturated heterocycles. The lowest BCUT2D eigenvalue weighted by atomic mass is 9.97. The van der Waals surface area contributed by atoms with Gasteiger partial charge in [0.05, 0.1) is 37.1 Å². The van der Waals surface area contributed by atoms with Crippen molar-refractivity contribution in [2.45, 2.75) is 52.5 Å². The topological polar surface area (TPSA) is 71.3 Å². The highest BCUT2D eigenvalue weighted by Crippen LogP contribution is 2.20. The van der Waals surface area contributed by atoms with Gasteiger partial charge in [0.15, 0.2) is 4.77 Å². The van der Waals surface area contributed by atoms with Crippen molar-refractivity contribution in [3.05, 3.63) is 50.5 Å². The molecule has 7 heteroatoms. The molecule has 2 aromatic rings. The Labute approximate surface area is 183 Å². The molecular weight excluding hydrogens is 396 g/mol. The molecule has 1 aliphatic carbocycles. The number of nitrogens with one attached hydrogen (secondary N) is 3. The summed E-state index contributed by atoms with van der Waals surface area (Å²) in [4.78, 5) is 30.1. The van der Waals surface area contributed by atoms with Crippen molar-refractivity contribution in [3.8, 4) is 0 Å². The second-order valence-corrected chi connectivity index (χ2v) is 8.36. The first-order chi connectivity index (χ1) is 14.5. The molecule has 0 aliphatic heterocycles. The SMILES string of the molecule is CC[NH+](CC)CCNC(=O)c1ccc2c(=O)n(CCC3=CCCCC3)c(=S)[nH]c2c1. The summed E-state index contributed by atoms with van der Waals surface area (Å²) in [6.07, 6.45) is 7.90. The Balaban J connectivity index is 1.73. The number of hydrogen-bond acceptors (Lipinski definition) is 3. The number of aromatic amines is 1. The number of likely N-dealkylation sites (N-methyl/N-ethyl adjacent to an activating group) is 1. The van der Waals surface area contributed by atoms with Gasteiger partial charge in [-0.1, -0.05) is 11.6 Å². The first-order valence-corrected chi connectivity index (χ1v) is 11.5. The lowest BCUT2D eigenvalue weighted by Gasteiger charge is -2.15. The van der Waals surface area contributed by atoms with Crippen LogP contribution in [0.3, 0.4) is 0 Å². The van der Waals surface area contributed by atoms with Crippen LogP contribution in [0.15, 0.2) is 34.6 Å². The van der Waals surface area contributed by atoms with Crippen molar-refractivity contribution in [2.75, 3.05) is 26.2 Å². The van der Waals surface area contributed by atoms with Gasteiger partial charge < -0.3 is 15.2 Å². The Morgan fingerprint density at radius 2 is 2.07 bits per heavy atom. The Bertz CT molecular complexity index is 1030. The molecule has 0 saturated carbocycles. The fourth-order valence-corrected chi connectivity index (χ4v) is 4.33. The zero-order valence-electron chi connectivity index (χ0n) is 18.1. The summed E-state index contributed by atoms with van der Waals surface area (Å²) in [7, 11) is 0. The molecule has 3 rings (SSSR count). The molecule has 162 valence electrons.